The summed E-state index contributed by atoms with van der Waals surface area (Å²) in [6, 6.07) is 11.1. The van der Waals surface area contributed by atoms with E-state index in [2.05, 4.69) is 25.2 Å². The fourth-order valence-corrected chi connectivity index (χ4v) is 2.98. The van der Waals surface area contributed by atoms with Gasteiger partial charge in [0.25, 0.3) is 11.8 Å². The van der Waals surface area contributed by atoms with E-state index in [9.17, 15) is 23.1 Å². The number of ether oxygens (including phenoxy) is 1. The molecule has 2 heterocycles. The molecule has 2 aromatic heterocycles. The zero-order chi connectivity index (χ0) is 22.0. The maximum Gasteiger partial charge on any atom is 0.573 e. The molecular formula is C20H15F3N4O4. The SMILES string of the molecule is O=C(NC(CO)c1nc(-c2ccc(OC(F)(F)F)cc2)no1)c1c[nH]c2ccccc12. The van der Waals surface area contributed by atoms with Gasteiger partial charge in [0.15, 0.2) is 0 Å². The number of para-hydroxylation sites is 1. The standard InChI is InChI=1S/C20H15F3N4O4/c21-20(22,23)30-12-7-5-11(6-8-12)17-26-19(31-27-17)16(10-28)25-18(29)14-9-24-15-4-2-1-3-13(14)15/h1-9,16,24,28H,10H2,(H,25,29). The molecule has 1 unspecified atom stereocenters. The van der Waals surface area contributed by atoms with Gasteiger partial charge in [-0.15, -0.1) is 13.2 Å². The molecule has 1 amide bonds. The first-order valence-corrected chi connectivity index (χ1v) is 9.01. The van der Waals surface area contributed by atoms with Crippen LogP contribution in [-0.2, 0) is 0 Å². The third kappa shape index (κ3) is 4.51. The molecule has 0 bridgehead atoms. The highest BCUT2D eigenvalue weighted by molar-refractivity contribution is 6.06. The van der Waals surface area contributed by atoms with Crippen LogP contribution in [0, 0.1) is 0 Å². The van der Waals surface area contributed by atoms with Crippen molar-refractivity contribution in [3.63, 3.8) is 0 Å². The first kappa shape index (κ1) is 20.4. The Morgan fingerprint density at radius 3 is 2.65 bits per heavy atom. The van der Waals surface area contributed by atoms with E-state index in [0.29, 0.717) is 16.5 Å². The average molecular weight is 432 g/mol. The Morgan fingerprint density at radius 2 is 1.94 bits per heavy atom. The minimum Gasteiger partial charge on any atom is -0.406 e. The number of hydrogen-bond acceptors (Lipinski definition) is 6. The third-order valence-electron chi connectivity index (χ3n) is 4.41. The van der Waals surface area contributed by atoms with Crippen LogP contribution in [0.1, 0.15) is 22.3 Å². The van der Waals surface area contributed by atoms with Crippen LogP contribution in [0.15, 0.2) is 59.3 Å². The quantitative estimate of drug-likeness (QED) is 0.429. The molecule has 0 fully saturated rings. The van der Waals surface area contributed by atoms with Gasteiger partial charge < -0.3 is 24.7 Å². The minimum atomic E-state index is -4.79. The van der Waals surface area contributed by atoms with E-state index in [-0.39, 0.29) is 17.5 Å². The van der Waals surface area contributed by atoms with Crippen LogP contribution in [0.3, 0.4) is 0 Å². The number of aliphatic hydroxyl groups is 1. The second-order valence-corrected chi connectivity index (χ2v) is 6.48. The van der Waals surface area contributed by atoms with Crippen molar-refractivity contribution in [3.8, 4) is 17.1 Å². The Morgan fingerprint density at radius 1 is 1.19 bits per heavy atom. The second kappa shape index (κ2) is 8.11. The van der Waals surface area contributed by atoms with Gasteiger partial charge in [-0.3, -0.25) is 4.79 Å². The third-order valence-corrected chi connectivity index (χ3v) is 4.41. The summed E-state index contributed by atoms with van der Waals surface area (Å²) in [7, 11) is 0. The molecule has 4 rings (SSSR count). The van der Waals surface area contributed by atoms with E-state index < -0.39 is 24.9 Å². The van der Waals surface area contributed by atoms with Gasteiger partial charge in [0.2, 0.25) is 5.82 Å². The number of benzene rings is 2. The lowest BCUT2D eigenvalue weighted by Gasteiger charge is -2.11. The van der Waals surface area contributed by atoms with Crippen molar-refractivity contribution in [1.82, 2.24) is 20.4 Å². The number of aliphatic hydroxyl groups excluding tert-OH is 1. The fourth-order valence-electron chi connectivity index (χ4n) is 2.98. The highest BCUT2D eigenvalue weighted by Gasteiger charge is 2.31. The Kier molecular flexibility index (Phi) is 5.34. The Hall–Kier alpha value is -3.86. The highest BCUT2D eigenvalue weighted by atomic mass is 19.4. The molecule has 1 atom stereocenters. The van der Waals surface area contributed by atoms with Gasteiger partial charge in [-0.2, -0.15) is 4.98 Å². The predicted octanol–water partition coefficient (Wildman–Crippen LogP) is 3.58. The van der Waals surface area contributed by atoms with Gasteiger partial charge in [0.1, 0.15) is 11.8 Å². The van der Waals surface area contributed by atoms with E-state index in [0.717, 1.165) is 17.6 Å². The molecule has 11 heteroatoms. The zero-order valence-corrected chi connectivity index (χ0v) is 15.7. The maximum atomic E-state index is 12.7. The number of hydrogen-bond donors (Lipinski definition) is 3. The summed E-state index contributed by atoms with van der Waals surface area (Å²) in [5, 5.41) is 16.8. The number of aromatic nitrogens is 3. The van der Waals surface area contributed by atoms with E-state index in [1.165, 1.54) is 12.1 Å². The number of nitrogens with one attached hydrogen (secondary N) is 2. The molecule has 2 aromatic carbocycles. The van der Waals surface area contributed by atoms with E-state index in [1.54, 1.807) is 18.3 Å². The molecule has 0 aliphatic carbocycles. The zero-order valence-electron chi connectivity index (χ0n) is 15.7. The lowest BCUT2D eigenvalue weighted by atomic mass is 10.1. The number of nitrogens with zero attached hydrogens (tertiary/aromatic N) is 2. The molecule has 0 aliphatic rings. The summed E-state index contributed by atoms with van der Waals surface area (Å²) in [6.45, 7) is -0.506. The Balaban J connectivity index is 1.49. The molecule has 0 saturated heterocycles. The molecule has 4 aromatic rings. The van der Waals surface area contributed by atoms with Gasteiger partial charge in [-0.1, -0.05) is 23.4 Å². The van der Waals surface area contributed by atoms with Crippen molar-refractivity contribution >= 4 is 16.8 Å². The van der Waals surface area contributed by atoms with Crippen molar-refractivity contribution in [2.24, 2.45) is 0 Å². The smallest absolute Gasteiger partial charge is 0.406 e. The van der Waals surface area contributed by atoms with Crippen LogP contribution < -0.4 is 10.1 Å². The molecule has 3 N–H and O–H groups in total. The lowest BCUT2D eigenvalue weighted by Crippen LogP contribution is -2.30. The van der Waals surface area contributed by atoms with Gasteiger partial charge in [0, 0.05) is 22.7 Å². The van der Waals surface area contributed by atoms with Crippen molar-refractivity contribution in [2.75, 3.05) is 6.61 Å². The summed E-state index contributed by atoms with van der Waals surface area (Å²) in [6.07, 6.45) is -3.24. The van der Waals surface area contributed by atoms with Crippen molar-refractivity contribution in [1.29, 1.82) is 0 Å². The van der Waals surface area contributed by atoms with Gasteiger partial charge in [0.05, 0.1) is 12.2 Å². The monoisotopic (exact) mass is 432 g/mol. The highest BCUT2D eigenvalue weighted by Crippen LogP contribution is 2.26. The van der Waals surface area contributed by atoms with Crippen molar-refractivity contribution in [2.45, 2.75) is 12.4 Å². The van der Waals surface area contributed by atoms with Gasteiger partial charge in [-0.05, 0) is 30.3 Å². The summed E-state index contributed by atoms with van der Waals surface area (Å²) in [5.41, 5.74) is 1.53. The number of halogens is 3. The fraction of sp³-hybridized carbons (Fsp3) is 0.150. The first-order chi connectivity index (χ1) is 14.8. The molecule has 0 saturated carbocycles. The lowest BCUT2D eigenvalue weighted by molar-refractivity contribution is -0.274. The van der Waals surface area contributed by atoms with Crippen molar-refractivity contribution in [3.05, 3.63) is 66.2 Å². The van der Waals surface area contributed by atoms with Crippen LogP contribution in [-0.4, -0.2) is 39.1 Å². The summed E-state index contributed by atoms with van der Waals surface area (Å²) in [5.74, 6) is -0.821. The van der Waals surface area contributed by atoms with E-state index >= 15 is 0 Å². The summed E-state index contributed by atoms with van der Waals surface area (Å²) < 4.78 is 45.7. The Bertz CT molecular complexity index is 1200. The second-order valence-electron chi connectivity index (χ2n) is 6.48. The van der Waals surface area contributed by atoms with E-state index in [1.807, 2.05) is 12.1 Å². The number of H-pyrrole nitrogens is 1. The van der Waals surface area contributed by atoms with Gasteiger partial charge >= 0.3 is 6.36 Å². The number of amides is 1. The molecule has 0 spiro atoms. The molecule has 0 aliphatic heterocycles. The van der Waals surface area contributed by atoms with Crippen LogP contribution >= 0.6 is 0 Å². The van der Waals surface area contributed by atoms with Gasteiger partial charge in [-0.25, -0.2) is 0 Å². The molecule has 31 heavy (non-hydrogen) atoms. The molecular weight excluding hydrogens is 417 g/mol. The number of carbonyl (C=O) groups excluding carboxylic acids is 1. The number of aromatic amines is 1. The normalized spacial score (nSPS) is 12.6. The number of alkyl halides is 3. The maximum absolute atomic E-state index is 12.7. The van der Waals surface area contributed by atoms with Crippen LogP contribution in [0.25, 0.3) is 22.3 Å². The van der Waals surface area contributed by atoms with Crippen LogP contribution in [0.2, 0.25) is 0 Å². The van der Waals surface area contributed by atoms with Crippen LogP contribution in [0.4, 0.5) is 13.2 Å². The number of fused-ring (bicyclic) bond motifs is 1. The summed E-state index contributed by atoms with van der Waals surface area (Å²) >= 11 is 0. The predicted molar refractivity (Wildman–Crippen MR) is 102 cm³/mol. The van der Waals surface area contributed by atoms with Crippen LogP contribution in [0.5, 0.6) is 5.75 Å². The average Bonchev–Trinajstić information content (AvgIpc) is 3.39. The first-order valence-electron chi connectivity index (χ1n) is 9.01. The Labute approximate surface area is 172 Å². The molecule has 0 radical (unpaired) electrons. The topological polar surface area (TPSA) is 113 Å². The molecule has 160 valence electrons. The summed E-state index contributed by atoms with van der Waals surface area (Å²) in [4.78, 5) is 19.8. The number of carbonyl (C=O) groups is 1. The molecule has 8 nitrogen and oxygen atoms in total. The van der Waals surface area contributed by atoms with Crippen molar-refractivity contribution < 1.29 is 32.3 Å². The minimum absolute atomic E-state index is 0.0543. The number of rotatable bonds is 6. The van der Waals surface area contributed by atoms with E-state index in [4.69, 9.17) is 4.52 Å². The largest absolute Gasteiger partial charge is 0.573 e.